The van der Waals surface area contributed by atoms with Gasteiger partial charge in [-0.3, -0.25) is 10.3 Å². The maximum absolute atomic E-state index is 12.2. The van der Waals surface area contributed by atoms with E-state index in [0.717, 1.165) is 25.3 Å². The molecule has 0 bridgehead atoms. The molecular formula is C14H21N5O2. The van der Waals surface area contributed by atoms with Gasteiger partial charge in [-0.15, -0.1) is 0 Å². The van der Waals surface area contributed by atoms with Crippen molar-refractivity contribution < 1.29 is 9.53 Å². The van der Waals surface area contributed by atoms with Crippen molar-refractivity contribution in [3.63, 3.8) is 0 Å². The number of rotatable bonds is 2. The Bertz CT molecular complexity index is 482. The van der Waals surface area contributed by atoms with Gasteiger partial charge < -0.3 is 14.5 Å². The molecule has 1 aromatic heterocycles. The van der Waals surface area contributed by atoms with Crippen LogP contribution >= 0.6 is 0 Å². The first-order valence-corrected chi connectivity index (χ1v) is 7.53. The lowest BCUT2D eigenvalue weighted by Crippen LogP contribution is -2.37. The van der Waals surface area contributed by atoms with Gasteiger partial charge in [-0.2, -0.15) is 0 Å². The van der Waals surface area contributed by atoms with Gasteiger partial charge >= 0.3 is 6.03 Å². The SMILES string of the molecule is O=C(Nc1cncc(N2CCCC2)n1)N1CCCOCC1. The predicted molar refractivity (Wildman–Crippen MR) is 79.5 cm³/mol. The number of urea groups is 1. The molecule has 21 heavy (non-hydrogen) atoms. The Morgan fingerprint density at radius 1 is 1.10 bits per heavy atom. The summed E-state index contributed by atoms with van der Waals surface area (Å²) < 4.78 is 5.36. The summed E-state index contributed by atoms with van der Waals surface area (Å²) >= 11 is 0. The van der Waals surface area contributed by atoms with E-state index in [1.54, 1.807) is 17.3 Å². The van der Waals surface area contributed by atoms with Gasteiger partial charge in [0.05, 0.1) is 19.0 Å². The van der Waals surface area contributed by atoms with Gasteiger partial charge in [0.15, 0.2) is 5.82 Å². The fourth-order valence-electron chi connectivity index (χ4n) is 2.65. The molecule has 1 N–H and O–H groups in total. The molecule has 0 aliphatic carbocycles. The van der Waals surface area contributed by atoms with E-state index in [-0.39, 0.29) is 6.03 Å². The van der Waals surface area contributed by atoms with Crippen molar-refractivity contribution in [2.24, 2.45) is 0 Å². The van der Waals surface area contributed by atoms with Crippen LogP contribution in [0.5, 0.6) is 0 Å². The number of nitrogens with one attached hydrogen (secondary N) is 1. The molecule has 2 fully saturated rings. The zero-order valence-electron chi connectivity index (χ0n) is 12.1. The maximum Gasteiger partial charge on any atom is 0.323 e. The summed E-state index contributed by atoms with van der Waals surface area (Å²) in [4.78, 5) is 24.9. The topological polar surface area (TPSA) is 70.6 Å². The highest BCUT2D eigenvalue weighted by molar-refractivity contribution is 5.88. The smallest absolute Gasteiger partial charge is 0.323 e. The highest BCUT2D eigenvalue weighted by Gasteiger charge is 2.18. The van der Waals surface area contributed by atoms with Gasteiger partial charge in [0, 0.05) is 32.8 Å². The molecule has 2 amide bonds. The van der Waals surface area contributed by atoms with Gasteiger partial charge in [-0.05, 0) is 19.3 Å². The first-order valence-electron chi connectivity index (χ1n) is 7.53. The average Bonchev–Trinajstić information content (AvgIpc) is 2.90. The molecule has 7 heteroatoms. The lowest BCUT2D eigenvalue weighted by atomic mass is 10.4. The molecular weight excluding hydrogens is 270 g/mol. The number of amides is 2. The molecule has 0 unspecified atom stereocenters. The molecule has 0 spiro atoms. The zero-order valence-corrected chi connectivity index (χ0v) is 12.1. The van der Waals surface area contributed by atoms with E-state index in [4.69, 9.17) is 4.74 Å². The van der Waals surface area contributed by atoms with E-state index >= 15 is 0 Å². The molecule has 2 aliphatic rings. The van der Waals surface area contributed by atoms with Crippen LogP contribution in [0.4, 0.5) is 16.4 Å². The lowest BCUT2D eigenvalue weighted by molar-refractivity contribution is 0.144. The first kappa shape index (κ1) is 14.1. The zero-order chi connectivity index (χ0) is 14.5. The fraction of sp³-hybridized carbons (Fsp3) is 0.643. The van der Waals surface area contributed by atoms with E-state index < -0.39 is 0 Å². The van der Waals surface area contributed by atoms with Crippen LogP contribution in [0.2, 0.25) is 0 Å². The van der Waals surface area contributed by atoms with Gasteiger partial charge in [0.2, 0.25) is 0 Å². The molecule has 1 aromatic rings. The van der Waals surface area contributed by atoms with E-state index in [0.29, 0.717) is 32.1 Å². The minimum absolute atomic E-state index is 0.131. The minimum Gasteiger partial charge on any atom is -0.380 e. The third kappa shape index (κ3) is 3.60. The first-order chi connectivity index (χ1) is 10.3. The van der Waals surface area contributed by atoms with Crippen LogP contribution in [0.3, 0.4) is 0 Å². The highest BCUT2D eigenvalue weighted by Crippen LogP contribution is 2.18. The Hall–Kier alpha value is -1.89. The molecule has 0 atom stereocenters. The normalized spacial score (nSPS) is 19.4. The maximum atomic E-state index is 12.2. The third-order valence-corrected chi connectivity index (χ3v) is 3.80. The Kier molecular flexibility index (Phi) is 4.49. The second kappa shape index (κ2) is 6.71. The number of ether oxygens (including phenoxy) is 1. The van der Waals surface area contributed by atoms with Crippen LogP contribution in [-0.4, -0.2) is 60.3 Å². The van der Waals surface area contributed by atoms with Gasteiger partial charge in [-0.25, -0.2) is 9.78 Å². The Labute approximate surface area is 124 Å². The summed E-state index contributed by atoms with van der Waals surface area (Å²) in [6.45, 7) is 4.65. The van der Waals surface area contributed by atoms with Crippen LogP contribution in [0.1, 0.15) is 19.3 Å². The fourth-order valence-corrected chi connectivity index (χ4v) is 2.65. The molecule has 0 saturated carbocycles. The number of hydrogen-bond donors (Lipinski definition) is 1. The summed E-state index contributed by atoms with van der Waals surface area (Å²) in [5, 5.41) is 2.83. The lowest BCUT2D eigenvalue weighted by Gasteiger charge is -2.20. The summed E-state index contributed by atoms with van der Waals surface area (Å²) in [5.74, 6) is 1.35. The van der Waals surface area contributed by atoms with Crippen molar-refractivity contribution in [2.45, 2.75) is 19.3 Å². The van der Waals surface area contributed by atoms with Crippen molar-refractivity contribution in [1.29, 1.82) is 0 Å². The second-order valence-electron chi connectivity index (χ2n) is 5.34. The second-order valence-corrected chi connectivity index (χ2v) is 5.34. The van der Waals surface area contributed by atoms with Gasteiger partial charge in [0.25, 0.3) is 0 Å². The molecule has 3 rings (SSSR count). The van der Waals surface area contributed by atoms with E-state index in [1.165, 1.54) is 12.8 Å². The number of carbonyl (C=O) groups is 1. The number of nitrogens with zero attached hydrogens (tertiary/aromatic N) is 4. The Balaban J connectivity index is 1.63. The number of hydrogen-bond acceptors (Lipinski definition) is 5. The van der Waals surface area contributed by atoms with Crippen molar-refractivity contribution >= 4 is 17.7 Å². The van der Waals surface area contributed by atoms with Crippen LogP contribution < -0.4 is 10.2 Å². The van der Waals surface area contributed by atoms with Crippen molar-refractivity contribution in [2.75, 3.05) is 49.6 Å². The summed E-state index contributed by atoms with van der Waals surface area (Å²) in [6.07, 6.45) is 6.58. The van der Waals surface area contributed by atoms with Crippen molar-refractivity contribution in [1.82, 2.24) is 14.9 Å². The summed E-state index contributed by atoms with van der Waals surface area (Å²) in [5.41, 5.74) is 0. The predicted octanol–water partition coefficient (Wildman–Crippen LogP) is 1.33. The van der Waals surface area contributed by atoms with E-state index in [2.05, 4.69) is 20.2 Å². The molecule has 3 heterocycles. The molecule has 2 aliphatic heterocycles. The number of aromatic nitrogens is 2. The third-order valence-electron chi connectivity index (χ3n) is 3.80. The largest absolute Gasteiger partial charge is 0.380 e. The highest BCUT2D eigenvalue weighted by atomic mass is 16.5. The van der Waals surface area contributed by atoms with Crippen LogP contribution in [0, 0.1) is 0 Å². The average molecular weight is 291 g/mol. The van der Waals surface area contributed by atoms with Crippen molar-refractivity contribution in [3.05, 3.63) is 12.4 Å². The number of carbonyl (C=O) groups excluding carboxylic acids is 1. The Morgan fingerprint density at radius 2 is 1.95 bits per heavy atom. The summed E-state index contributed by atoms with van der Waals surface area (Å²) in [6, 6.07) is -0.131. The standard InChI is InChI=1S/C14H21N5O2/c20-14(19-6-3-8-21-9-7-19)17-12-10-15-11-13(16-12)18-4-1-2-5-18/h10-11H,1-9H2,(H,16,17,20). The van der Waals surface area contributed by atoms with Gasteiger partial charge in [0.1, 0.15) is 5.82 Å². The molecule has 7 nitrogen and oxygen atoms in total. The molecule has 0 aromatic carbocycles. The van der Waals surface area contributed by atoms with E-state index in [1.807, 2.05) is 0 Å². The summed E-state index contributed by atoms with van der Waals surface area (Å²) in [7, 11) is 0. The quantitative estimate of drug-likeness (QED) is 0.890. The van der Waals surface area contributed by atoms with Gasteiger partial charge in [-0.1, -0.05) is 0 Å². The van der Waals surface area contributed by atoms with Crippen molar-refractivity contribution in [3.8, 4) is 0 Å². The monoisotopic (exact) mass is 291 g/mol. The van der Waals surface area contributed by atoms with Crippen LogP contribution in [0.25, 0.3) is 0 Å². The van der Waals surface area contributed by atoms with E-state index in [9.17, 15) is 4.79 Å². The van der Waals surface area contributed by atoms with Crippen LogP contribution in [0.15, 0.2) is 12.4 Å². The molecule has 0 radical (unpaired) electrons. The van der Waals surface area contributed by atoms with Crippen LogP contribution in [-0.2, 0) is 4.74 Å². The molecule has 114 valence electrons. The Morgan fingerprint density at radius 3 is 2.81 bits per heavy atom. The number of anilines is 2. The molecule has 2 saturated heterocycles. The minimum atomic E-state index is -0.131.